The number of aromatic amines is 1. The predicted octanol–water partition coefficient (Wildman–Crippen LogP) is 2.94. The fourth-order valence-corrected chi connectivity index (χ4v) is 3.52. The molecule has 3 aromatic rings. The molecule has 2 aromatic heterocycles. The maximum absolute atomic E-state index is 12.5. The van der Waals surface area contributed by atoms with Crippen molar-refractivity contribution < 1.29 is 9.90 Å². The number of hydrogen-bond donors (Lipinski definition) is 2. The van der Waals surface area contributed by atoms with Gasteiger partial charge in [-0.15, -0.1) is 11.3 Å². The summed E-state index contributed by atoms with van der Waals surface area (Å²) < 4.78 is 0. The van der Waals surface area contributed by atoms with Crippen LogP contribution >= 0.6 is 11.3 Å². The minimum atomic E-state index is -0.410. The van der Waals surface area contributed by atoms with Crippen LogP contribution in [0.15, 0.2) is 47.4 Å². The number of benzene rings is 1. The van der Waals surface area contributed by atoms with Crippen LogP contribution in [0.1, 0.15) is 18.0 Å². The molecule has 4 rings (SSSR count). The van der Waals surface area contributed by atoms with Crippen molar-refractivity contribution in [3.63, 3.8) is 0 Å². The van der Waals surface area contributed by atoms with E-state index in [9.17, 15) is 9.90 Å². The van der Waals surface area contributed by atoms with Crippen LogP contribution in [0.3, 0.4) is 0 Å². The third-order valence-corrected chi connectivity index (χ3v) is 4.66. The molecule has 0 saturated heterocycles. The minimum absolute atomic E-state index is 0.206. The van der Waals surface area contributed by atoms with E-state index < -0.39 is 5.91 Å². The van der Waals surface area contributed by atoms with E-state index in [4.69, 9.17) is 0 Å². The van der Waals surface area contributed by atoms with Crippen molar-refractivity contribution >= 4 is 34.0 Å². The van der Waals surface area contributed by atoms with Crippen molar-refractivity contribution in [2.45, 2.75) is 13.0 Å². The summed E-state index contributed by atoms with van der Waals surface area (Å²) in [6.07, 6.45) is 3.31. The summed E-state index contributed by atoms with van der Waals surface area (Å²) in [5.41, 5.74) is 2.97. The molecule has 0 spiro atoms. The molecular formula is C15H12N4O2S. The van der Waals surface area contributed by atoms with Crippen molar-refractivity contribution in [3.05, 3.63) is 52.4 Å². The third-order valence-electron chi connectivity index (χ3n) is 3.83. The Kier molecular flexibility index (Phi) is 2.77. The highest BCUT2D eigenvalue weighted by Crippen LogP contribution is 2.41. The lowest BCUT2D eigenvalue weighted by Crippen LogP contribution is -2.30. The number of anilines is 1. The zero-order chi connectivity index (χ0) is 15.3. The molecule has 1 aromatic carbocycles. The van der Waals surface area contributed by atoms with Gasteiger partial charge in [0.05, 0.1) is 17.4 Å². The summed E-state index contributed by atoms with van der Waals surface area (Å²) in [4.78, 5) is 25.6. The van der Waals surface area contributed by atoms with E-state index in [1.54, 1.807) is 24.3 Å². The first-order valence-electron chi connectivity index (χ1n) is 6.72. The Bertz CT molecular complexity index is 897. The lowest BCUT2D eigenvalue weighted by atomic mass is 10.1. The van der Waals surface area contributed by atoms with Gasteiger partial charge in [0.15, 0.2) is 5.76 Å². The monoisotopic (exact) mass is 312 g/mol. The molecule has 7 heteroatoms. The first-order chi connectivity index (χ1) is 10.7. The number of aliphatic hydroxyl groups is 1. The predicted molar refractivity (Wildman–Crippen MR) is 83.8 cm³/mol. The number of nitrogens with one attached hydrogen (secondary N) is 1. The van der Waals surface area contributed by atoms with Gasteiger partial charge in [-0.25, -0.2) is 9.97 Å². The average Bonchev–Trinajstić information content (AvgIpc) is 3.23. The number of amides is 1. The average molecular weight is 312 g/mol. The molecule has 1 amide bonds. The molecule has 6 nitrogen and oxygen atoms in total. The quantitative estimate of drug-likeness (QED) is 0.762. The Morgan fingerprint density at radius 1 is 1.36 bits per heavy atom. The smallest absolute Gasteiger partial charge is 0.294 e. The fraction of sp³-hybridized carbons (Fsp3) is 0.133. The number of hydrogen-bond acceptors (Lipinski definition) is 5. The van der Waals surface area contributed by atoms with Crippen LogP contribution in [-0.4, -0.2) is 26.0 Å². The van der Waals surface area contributed by atoms with Gasteiger partial charge < -0.3 is 10.1 Å². The van der Waals surface area contributed by atoms with E-state index in [0.717, 1.165) is 16.0 Å². The second kappa shape index (κ2) is 4.67. The highest BCUT2D eigenvalue weighted by Gasteiger charge is 2.40. The van der Waals surface area contributed by atoms with Crippen LogP contribution < -0.4 is 4.90 Å². The van der Waals surface area contributed by atoms with Crippen LogP contribution in [0.4, 0.5) is 5.69 Å². The number of carbonyl (C=O) groups excluding carboxylic acids is 1. The standard InChI is InChI=1S/C15H12N4O2S/c1-8-12(14-16-4-5-22-14)19(15(21)13(8)20)9-2-3-10-11(6-9)18-7-17-10/h2-7,12,20H,1H3,(H,17,18). The Hall–Kier alpha value is -2.67. The summed E-state index contributed by atoms with van der Waals surface area (Å²) >= 11 is 1.46. The summed E-state index contributed by atoms with van der Waals surface area (Å²) in [6.45, 7) is 1.76. The van der Waals surface area contributed by atoms with Gasteiger partial charge in [-0.3, -0.25) is 9.69 Å². The minimum Gasteiger partial charge on any atom is -0.503 e. The van der Waals surface area contributed by atoms with Gasteiger partial charge >= 0.3 is 0 Å². The highest BCUT2D eigenvalue weighted by atomic mass is 32.1. The maximum atomic E-state index is 12.5. The third kappa shape index (κ3) is 1.75. The number of aliphatic hydroxyl groups excluding tert-OH is 1. The molecule has 1 unspecified atom stereocenters. The number of rotatable bonds is 2. The normalized spacial score (nSPS) is 18.7. The van der Waals surface area contributed by atoms with E-state index in [2.05, 4.69) is 15.0 Å². The molecule has 110 valence electrons. The molecular weight excluding hydrogens is 300 g/mol. The topological polar surface area (TPSA) is 82.1 Å². The van der Waals surface area contributed by atoms with E-state index in [1.165, 1.54) is 11.3 Å². The van der Waals surface area contributed by atoms with Gasteiger partial charge in [-0.2, -0.15) is 0 Å². The number of imidazole rings is 1. The molecule has 0 saturated carbocycles. The lowest BCUT2D eigenvalue weighted by Gasteiger charge is -2.24. The van der Waals surface area contributed by atoms with E-state index in [0.29, 0.717) is 11.3 Å². The Morgan fingerprint density at radius 3 is 3.00 bits per heavy atom. The van der Waals surface area contributed by atoms with Crippen LogP contribution in [0, 0.1) is 0 Å². The largest absolute Gasteiger partial charge is 0.503 e. The van der Waals surface area contributed by atoms with Crippen molar-refractivity contribution in [2.75, 3.05) is 4.90 Å². The summed E-state index contributed by atoms with van der Waals surface area (Å²) in [6, 6.07) is 5.17. The summed E-state index contributed by atoms with van der Waals surface area (Å²) in [5.74, 6) is -0.616. The summed E-state index contributed by atoms with van der Waals surface area (Å²) in [5, 5.41) is 12.7. The van der Waals surface area contributed by atoms with Crippen LogP contribution in [0.2, 0.25) is 0 Å². The van der Waals surface area contributed by atoms with E-state index in [1.807, 2.05) is 23.6 Å². The molecule has 2 N–H and O–H groups in total. The zero-order valence-corrected chi connectivity index (χ0v) is 12.5. The zero-order valence-electron chi connectivity index (χ0n) is 11.6. The van der Waals surface area contributed by atoms with Gasteiger partial charge in [0.2, 0.25) is 0 Å². The van der Waals surface area contributed by atoms with Crippen molar-refractivity contribution in [2.24, 2.45) is 0 Å². The Balaban J connectivity index is 1.86. The Morgan fingerprint density at radius 2 is 2.23 bits per heavy atom. The summed E-state index contributed by atoms with van der Waals surface area (Å²) in [7, 11) is 0. The van der Waals surface area contributed by atoms with Crippen LogP contribution in [0.5, 0.6) is 0 Å². The number of carbonyl (C=O) groups is 1. The van der Waals surface area contributed by atoms with Crippen molar-refractivity contribution in [1.82, 2.24) is 15.0 Å². The molecule has 0 bridgehead atoms. The van der Waals surface area contributed by atoms with Gasteiger partial charge in [0.1, 0.15) is 11.0 Å². The first-order valence-corrected chi connectivity index (χ1v) is 7.60. The lowest BCUT2D eigenvalue weighted by molar-refractivity contribution is -0.117. The number of nitrogens with zero attached hydrogens (tertiary/aromatic N) is 3. The molecule has 22 heavy (non-hydrogen) atoms. The van der Waals surface area contributed by atoms with E-state index >= 15 is 0 Å². The molecule has 0 radical (unpaired) electrons. The highest BCUT2D eigenvalue weighted by molar-refractivity contribution is 7.09. The van der Waals surface area contributed by atoms with E-state index in [-0.39, 0.29) is 11.8 Å². The fourth-order valence-electron chi connectivity index (χ4n) is 2.72. The second-order valence-corrected chi connectivity index (χ2v) is 6.01. The molecule has 1 atom stereocenters. The first kappa shape index (κ1) is 13.0. The van der Waals surface area contributed by atoms with Crippen LogP contribution in [-0.2, 0) is 4.79 Å². The molecule has 1 aliphatic rings. The van der Waals surface area contributed by atoms with Gasteiger partial charge in [-0.1, -0.05) is 0 Å². The van der Waals surface area contributed by atoms with Crippen LogP contribution in [0.25, 0.3) is 11.0 Å². The van der Waals surface area contributed by atoms with Gasteiger partial charge in [-0.05, 0) is 25.1 Å². The van der Waals surface area contributed by atoms with Gasteiger partial charge in [0.25, 0.3) is 5.91 Å². The van der Waals surface area contributed by atoms with Crippen molar-refractivity contribution in [3.8, 4) is 0 Å². The molecule has 0 aliphatic carbocycles. The van der Waals surface area contributed by atoms with Gasteiger partial charge in [0, 0.05) is 22.8 Å². The number of fused-ring (bicyclic) bond motifs is 1. The Labute approximate surface area is 129 Å². The number of thiazole rings is 1. The van der Waals surface area contributed by atoms with Crippen molar-refractivity contribution in [1.29, 1.82) is 0 Å². The SMILES string of the molecule is CC1=C(O)C(=O)N(c2ccc3[nH]cnc3c2)C1c1nccs1. The number of H-pyrrole nitrogens is 1. The molecule has 1 aliphatic heterocycles. The maximum Gasteiger partial charge on any atom is 0.294 e. The molecule has 3 heterocycles. The molecule has 0 fully saturated rings. The second-order valence-electron chi connectivity index (χ2n) is 5.08. The number of aromatic nitrogens is 3.